The predicted molar refractivity (Wildman–Crippen MR) is 118 cm³/mol. The van der Waals surface area contributed by atoms with Crippen LogP contribution in [0, 0.1) is 0 Å². The summed E-state index contributed by atoms with van der Waals surface area (Å²) >= 11 is 5.99. The number of imidazole rings is 1. The fourth-order valence-electron chi connectivity index (χ4n) is 3.13. The van der Waals surface area contributed by atoms with Crippen LogP contribution in [0.3, 0.4) is 0 Å². The average Bonchev–Trinajstić information content (AvgIpc) is 3.13. The highest BCUT2D eigenvalue weighted by atomic mass is 35.5. The Bertz CT molecular complexity index is 1070. The van der Waals surface area contributed by atoms with Crippen molar-refractivity contribution in [2.45, 2.75) is 13.2 Å². The highest BCUT2D eigenvalue weighted by Gasteiger charge is 2.08. The third kappa shape index (κ3) is 4.79. The van der Waals surface area contributed by atoms with Crippen LogP contribution < -0.4 is 10.1 Å². The third-order valence-corrected chi connectivity index (χ3v) is 4.98. The zero-order valence-corrected chi connectivity index (χ0v) is 16.9. The topological polar surface area (TPSA) is 39.1 Å². The molecule has 0 bridgehead atoms. The number of hydrogen-bond acceptors (Lipinski definition) is 3. The molecule has 1 N–H and O–H groups in total. The Balaban J connectivity index is 1.40. The molecule has 0 aliphatic carbocycles. The van der Waals surface area contributed by atoms with E-state index in [1.807, 2.05) is 72.4 Å². The maximum atomic E-state index is 5.99. The first-order valence-corrected chi connectivity index (χ1v) is 9.84. The van der Waals surface area contributed by atoms with Crippen molar-refractivity contribution in [2.75, 3.05) is 5.32 Å². The van der Waals surface area contributed by atoms with Gasteiger partial charge in [0.25, 0.3) is 0 Å². The van der Waals surface area contributed by atoms with Crippen molar-refractivity contribution in [1.82, 2.24) is 9.55 Å². The first-order valence-electron chi connectivity index (χ1n) is 9.46. The Morgan fingerprint density at radius 2 is 1.69 bits per heavy atom. The van der Waals surface area contributed by atoms with Gasteiger partial charge in [-0.3, -0.25) is 0 Å². The van der Waals surface area contributed by atoms with E-state index in [9.17, 15) is 0 Å². The molecule has 0 fully saturated rings. The lowest BCUT2D eigenvalue weighted by atomic mass is 10.2. The van der Waals surface area contributed by atoms with Crippen LogP contribution in [0.25, 0.3) is 11.3 Å². The maximum absolute atomic E-state index is 5.99. The number of ether oxygens (including phenoxy) is 1. The molecule has 0 saturated heterocycles. The van der Waals surface area contributed by atoms with Crippen LogP contribution in [0.4, 0.5) is 5.95 Å². The number of nitrogens with one attached hydrogen (secondary N) is 1. The molecule has 1 heterocycles. The van der Waals surface area contributed by atoms with Crippen LogP contribution in [0.15, 0.2) is 85.1 Å². The van der Waals surface area contributed by atoms with Crippen molar-refractivity contribution in [1.29, 1.82) is 0 Å². The molecule has 0 saturated carbocycles. The van der Waals surface area contributed by atoms with Gasteiger partial charge in [0, 0.05) is 18.6 Å². The molecule has 0 amide bonds. The highest BCUT2D eigenvalue weighted by Crippen LogP contribution is 2.24. The molecular weight excluding hydrogens is 382 g/mol. The maximum Gasteiger partial charge on any atom is 0.203 e. The summed E-state index contributed by atoms with van der Waals surface area (Å²) in [6.45, 7) is 1.22. The molecule has 3 aromatic carbocycles. The molecule has 0 aliphatic rings. The van der Waals surface area contributed by atoms with Crippen molar-refractivity contribution < 1.29 is 4.74 Å². The molecule has 4 nitrogen and oxygen atoms in total. The fourth-order valence-corrected chi connectivity index (χ4v) is 3.26. The van der Waals surface area contributed by atoms with Gasteiger partial charge in [-0.05, 0) is 41.0 Å². The SMILES string of the molecule is Cn1c(-c2ccc(Cl)cc2)cnc1NCc1cccc(OCc2ccccc2)c1. The molecule has 4 rings (SSSR count). The van der Waals surface area contributed by atoms with Crippen LogP contribution in [0.5, 0.6) is 5.75 Å². The number of anilines is 1. The number of halogens is 1. The third-order valence-electron chi connectivity index (χ3n) is 4.73. The van der Waals surface area contributed by atoms with Crippen molar-refractivity contribution in [2.24, 2.45) is 7.05 Å². The van der Waals surface area contributed by atoms with Crippen LogP contribution >= 0.6 is 11.6 Å². The van der Waals surface area contributed by atoms with Gasteiger partial charge in [0.15, 0.2) is 0 Å². The second-order valence-corrected chi connectivity index (χ2v) is 7.24. The Kier molecular flexibility index (Phi) is 5.82. The fraction of sp³-hybridized carbons (Fsp3) is 0.125. The second kappa shape index (κ2) is 8.84. The van der Waals surface area contributed by atoms with E-state index in [4.69, 9.17) is 16.3 Å². The normalized spacial score (nSPS) is 10.7. The smallest absolute Gasteiger partial charge is 0.203 e. The van der Waals surface area contributed by atoms with E-state index in [0.717, 1.165) is 39.1 Å². The number of rotatable bonds is 7. The van der Waals surface area contributed by atoms with Gasteiger partial charge in [0.1, 0.15) is 12.4 Å². The molecule has 0 radical (unpaired) electrons. The molecule has 0 spiro atoms. The van der Waals surface area contributed by atoms with E-state index in [1.54, 1.807) is 0 Å². The Morgan fingerprint density at radius 3 is 2.48 bits per heavy atom. The quantitative estimate of drug-likeness (QED) is 0.415. The minimum absolute atomic E-state index is 0.557. The molecule has 29 heavy (non-hydrogen) atoms. The average molecular weight is 404 g/mol. The van der Waals surface area contributed by atoms with E-state index in [-0.39, 0.29) is 0 Å². The van der Waals surface area contributed by atoms with Crippen LogP contribution in [0.2, 0.25) is 5.02 Å². The molecule has 146 valence electrons. The molecule has 0 unspecified atom stereocenters. The lowest BCUT2D eigenvalue weighted by Crippen LogP contribution is -2.06. The van der Waals surface area contributed by atoms with E-state index < -0.39 is 0 Å². The predicted octanol–water partition coefficient (Wildman–Crippen LogP) is 5.93. The van der Waals surface area contributed by atoms with E-state index in [2.05, 4.69) is 34.6 Å². The highest BCUT2D eigenvalue weighted by molar-refractivity contribution is 6.30. The largest absolute Gasteiger partial charge is 0.489 e. The van der Waals surface area contributed by atoms with E-state index in [0.29, 0.717) is 13.2 Å². The van der Waals surface area contributed by atoms with Crippen molar-refractivity contribution in [3.05, 3.63) is 101 Å². The molecule has 4 aromatic rings. The van der Waals surface area contributed by atoms with Crippen LogP contribution in [-0.2, 0) is 20.2 Å². The van der Waals surface area contributed by atoms with Gasteiger partial charge in [0.05, 0.1) is 11.9 Å². The number of benzene rings is 3. The summed E-state index contributed by atoms with van der Waals surface area (Å²) in [4.78, 5) is 4.52. The molecule has 5 heteroatoms. The zero-order valence-electron chi connectivity index (χ0n) is 16.2. The first-order chi connectivity index (χ1) is 14.2. The molecule has 1 aromatic heterocycles. The molecule has 0 atom stereocenters. The number of nitrogens with zero attached hydrogens (tertiary/aromatic N) is 2. The standard InChI is InChI=1S/C24H22ClN3O/c1-28-23(20-10-12-21(25)13-11-20)16-27-24(28)26-15-19-8-5-9-22(14-19)29-17-18-6-3-2-4-7-18/h2-14,16H,15,17H2,1H3,(H,26,27). The Morgan fingerprint density at radius 1 is 0.931 bits per heavy atom. The van der Waals surface area contributed by atoms with Crippen molar-refractivity contribution >= 4 is 17.5 Å². The second-order valence-electron chi connectivity index (χ2n) is 6.81. The van der Waals surface area contributed by atoms with E-state index in [1.165, 1.54) is 0 Å². The van der Waals surface area contributed by atoms with Gasteiger partial charge in [-0.1, -0.05) is 66.2 Å². The monoisotopic (exact) mass is 403 g/mol. The van der Waals surface area contributed by atoms with Gasteiger partial charge >= 0.3 is 0 Å². The van der Waals surface area contributed by atoms with Gasteiger partial charge in [-0.2, -0.15) is 0 Å². The first kappa shape index (κ1) is 19.1. The van der Waals surface area contributed by atoms with Gasteiger partial charge in [0.2, 0.25) is 5.95 Å². The van der Waals surface area contributed by atoms with Crippen molar-refractivity contribution in [3.63, 3.8) is 0 Å². The molecular formula is C24H22ClN3O. The van der Waals surface area contributed by atoms with E-state index >= 15 is 0 Å². The summed E-state index contributed by atoms with van der Waals surface area (Å²) in [6, 6.07) is 26.0. The minimum Gasteiger partial charge on any atom is -0.489 e. The van der Waals surface area contributed by atoms with Crippen molar-refractivity contribution in [3.8, 4) is 17.0 Å². The lowest BCUT2D eigenvalue weighted by Gasteiger charge is -2.10. The summed E-state index contributed by atoms with van der Waals surface area (Å²) in [5, 5.41) is 4.13. The van der Waals surface area contributed by atoms with Gasteiger partial charge in [-0.15, -0.1) is 0 Å². The van der Waals surface area contributed by atoms with Gasteiger partial charge in [-0.25, -0.2) is 4.98 Å². The van der Waals surface area contributed by atoms with Gasteiger partial charge < -0.3 is 14.6 Å². The molecule has 0 aliphatic heterocycles. The number of hydrogen-bond donors (Lipinski definition) is 1. The summed E-state index contributed by atoms with van der Waals surface area (Å²) in [6.07, 6.45) is 1.87. The summed E-state index contributed by atoms with van der Waals surface area (Å²) < 4.78 is 7.96. The zero-order chi connectivity index (χ0) is 20.1. The Labute approximate surface area is 175 Å². The summed E-state index contributed by atoms with van der Waals surface area (Å²) in [5.41, 5.74) is 4.39. The number of aromatic nitrogens is 2. The Hall–Kier alpha value is -3.24. The van der Waals surface area contributed by atoms with Crippen LogP contribution in [-0.4, -0.2) is 9.55 Å². The summed E-state index contributed by atoms with van der Waals surface area (Å²) in [7, 11) is 2.00. The van der Waals surface area contributed by atoms with Crippen LogP contribution in [0.1, 0.15) is 11.1 Å². The lowest BCUT2D eigenvalue weighted by molar-refractivity contribution is 0.306. The minimum atomic E-state index is 0.557. The summed E-state index contributed by atoms with van der Waals surface area (Å²) in [5.74, 6) is 1.67.